The molecule has 0 amide bonds. The molecule has 0 spiro atoms. The Bertz CT molecular complexity index is 505. The molecule has 88 valence electrons. The molecule has 0 bridgehead atoms. The Morgan fingerprint density at radius 3 is 2.59 bits per heavy atom. The number of hydrazine groups is 1. The number of hydrogen-bond donors (Lipinski definition) is 2. The van der Waals surface area contributed by atoms with Crippen LogP contribution in [0.3, 0.4) is 0 Å². The van der Waals surface area contributed by atoms with Crippen molar-refractivity contribution in [1.82, 2.24) is 20.4 Å². The fourth-order valence-corrected chi connectivity index (χ4v) is 2.62. The Morgan fingerprint density at radius 2 is 2.00 bits per heavy atom. The molecule has 0 saturated heterocycles. The first-order chi connectivity index (χ1) is 8.22. The molecule has 0 fully saturated rings. The first-order valence-corrected chi connectivity index (χ1v) is 6.34. The Kier molecular flexibility index (Phi) is 4.16. The summed E-state index contributed by atoms with van der Waals surface area (Å²) in [6.07, 6.45) is 6.59. The van der Waals surface area contributed by atoms with Crippen LogP contribution < -0.4 is 11.3 Å². The van der Waals surface area contributed by atoms with Gasteiger partial charge in [-0.3, -0.25) is 20.8 Å². The Morgan fingerprint density at radius 1 is 1.18 bits per heavy atom. The van der Waals surface area contributed by atoms with Crippen LogP contribution in [0, 0.1) is 0 Å². The molecule has 0 saturated carbocycles. The van der Waals surface area contributed by atoms with Crippen molar-refractivity contribution in [3.05, 3.63) is 51.2 Å². The lowest BCUT2D eigenvalue weighted by molar-refractivity contribution is 0.600. The zero-order valence-electron chi connectivity index (χ0n) is 8.64. The van der Waals surface area contributed by atoms with Crippen molar-refractivity contribution < 1.29 is 0 Å². The minimum atomic E-state index is -0.300. The van der Waals surface area contributed by atoms with Crippen molar-refractivity contribution in [2.75, 3.05) is 0 Å². The summed E-state index contributed by atoms with van der Waals surface area (Å²) in [5, 5.41) is 0. The minimum Gasteiger partial charge on any atom is -0.270 e. The summed E-state index contributed by atoms with van der Waals surface area (Å²) in [6, 6.07) is 1.61. The smallest absolute Gasteiger partial charge is 0.108 e. The summed E-state index contributed by atoms with van der Waals surface area (Å²) in [4.78, 5) is 12.5. The van der Waals surface area contributed by atoms with E-state index in [9.17, 15) is 0 Å². The van der Waals surface area contributed by atoms with Crippen molar-refractivity contribution in [3.8, 4) is 0 Å². The maximum absolute atomic E-state index is 5.55. The molecule has 0 aromatic carbocycles. The van der Waals surface area contributed by atoms with E-state index in [4.69, 9.17) is 5.84 Å². The van der Waals surface area contributed by atoms with Crippen LogP contribution in [0.5, 0.6) is 0 Å². The Hall–Kier alpha value is -0.890. The van der Waals surface area contributed by atoms with Crippen LogP contribution in [0.1, 0.15) is 17.4 Å². The van der Waals surface area contributed by atoms with Gasteiger partial charge in [-0.2, -0.15) is 0 Å². The highest BCUT2D eigenvalue weighted by molar-refractivity contribution is 9.11. The van der Waals surface area contributed by atoms with Gasteiger partial charge in [-0.05, 0) is 37.9 Å². The van der Waals surface area contributed by atoms with E-state index in [-0.39, 0.29) is 6.04 Å². The van der Waals surface area contributed by atoms with E-state index >= 15 is 0 Å². The number of pyridine rings is 1. The van der Waals surface area contributed by atoms with Gasteiger partial charge in [-0.25, -0.2) is 5.43 Å². The number of hydrogen-bond acceptors (Lipinski definition) is 5. The van der Waals surface area contributed by atoms with Crippen LogP contribution in [-0.2, 0) is 0 Å². The lowest BCUT2D eigenvalue weighted by Crippen LogP contribution is -2.30. The third-order valence-electron chi connectivity index (χ3n) is 2.16. The first kappa shape index (κ1) is 12.6. The number of aromatic nitrogens is 3. The number of nitrogens with one attached hydrogen (secondary N) is 1. The minimum absolute atomic E-state index is 0.300. The maximum atomic E-state index is 5.55. The molecule has 1 unspecified atom stereocenters. The van der Waals surface area contributed by atoms with Gasteiger partial charge in [0.2, 0.25) is 0 Å². The van der Waals surface area contributed by atoms with E-state index in [1.807, 2.05) is 6.07 Å². The fourth-order valence-electron chi connectivity index (χ4n) is 1.40. The predicted octanol–water partition coefficient (Wildman–Crippen LogP) is 1.95. The largest absolute Gasteiger partial charge is 0.270 e. The highest BCUT2D eigenvalue weighted by Crippen LogP contribution is 2.27. The van der Waals surface area contributed by atoms with Crippen LogP contribution in [0.25, 0.3) is 0 Å². The van der Waals surface area contributed by atoms with E-state index < -0.39 is 0 Å². The Labute approximate surface area is 115 Å². The summed E-state index contributed by atoms with van der Waals surface area (Å²) < 4.78 is 1.74. The third-order valence-corrected chi connectivity index (χ3v) is 3.22. The molecule has 2 heterocycles. The molecule has 2 aromatic rings. The van der Waals surface area contributed by atoms with Crippen molar-refractivity contribution in [2.45, 2.75) is 6.04 Å². The lowest BCUT2D eigenvalue weighted by atomic mass is 10.1. The molecule has 2 rings (SSSR count). The normalized spacial score (nSPS) is 12.4. The van der Waals surface area contributed by atoms with Gasteiger partial charge in [0.05, 0.1) is 17.6 Å². The number of nitrogens with zero attached hydrogens (tertiary/aromatic N) is 3. The molecule has 0 radical (unpaired) electrons. The highest BCUT2D eigenvalue weighted by Gasteiger charge is 2.18. The second kappa shape index (κ2) is 5.63. The predicted molar refractivity (Wildman–Crippen MR) is 70.8 cm³/mol. The van der Waals surface area contributed by atoms with Crippen molar-refractivity contribution in [3.63, 3.8) is 0 Å². The van der Waals surface area contributed by atoms with Gasteiger partial charge in [0.15, 0.2) is 0 Å². The van der Waals surface area contributed by atoms with Gasteiger partial charge in [-0.1, -0.05) is 0 Å². The fraction of sp³-hybridized carbons (Fsp3) is 0.100. The summed E-state index contributed by atoms with van der Waals surface area (Å²) in [5.41, 5.74) is 4.16. The molecule has 7 heteroatoms. The molecule has 0 aliphatic carbocycles. The highest BCUT2D eigenvalue weighted by atomic mass is 79.9. The molecule has 3 N–H and O–H groups in total. The van der Waals surface area contributed by atoms with E-state index in [0.717, 1.165) is 14.6 Å². The molecule has 2 aromatic heterocycles. The molecule has 5 nitrogen and oxygen atoms in total. The first-order valence-electron chi connectivity index (χ1n) is 4.75. The van der Waals surface area contributed by atoms with E-state index in [0.29, 0.717) is 5.69 Å². The van der Waals surface area contributed by atoms with Crippen LogP contribution in [0.2, 0.25) is 0 Å². The molecule has 1 atom stereocenters. The molecule has 17 heavy (non-hydrogen) atoms. The zero-order chi connectivity index (χ0) is 12.3. The third kappa shape index (κ3) is 2.86. The zero-order valence-corrected chi connectivity index (χ0v) is 11.8. The van der Waals surface area contributed by atoms with Crippen molar-refractivity contribution >= 4 is 31.9 Å². The molecule has 0 aliphatic heterocycles. The molecular weight excluding hydrogens is 350 g/mol. The van der Waals surface area contributed by atoms with Crippen molar-refractivity contribution in [2.24, 2.45) is 5.84 Å². The summed E-state index contributed by atoms with van der Waals surface area (Å²) >= 11 is 6.80. The van der Waals surface area contributed by atoms with E-state index in [2.05, 4.69) is 52.2 Å². The van der Waals surface area contributed by atoms with Crippen molar-refractivity contribution in [1.29, 1.82) is 0 Å². The quantitative estimate of drug-likeness (QED) is 0.647. The number of nitrogens with two attached hydrogens (primary N) is 1. The Balaban J connectivity index is 2.42. The van der Waals surface area contributed by atoms with Gasteiger partial charge in [0.25, 0.3) is 0 Å². The summed E-state index contributed by atoms with van der Waals surface area (Å²) in [6.45, 7) is 0. The number of halogens is 2. The van der Waals surface area contributed by atoms with Gasteiger partial charge in [-0.15, -0.1) is 0 Å². The monoisotopic (exact) mass is 357 g/mol. The average molecular weight is 359 g/mol. The SMILES string of the molecule is NNC(c1cnccn1)c1ncc(Br)cc1Br. The van der Waals surface area contributed by atoms with Gasteiger partial charge in [0.1, 0.15) is 6.04 Å². The van der Waals surface area contributed by atoms with Crippen LogP contribution in [0.4, 0.5) is 0 Å². The van der Waals surface area contributed by atoms with Crippen LogP contribution >= 0.6 is 31.9 Å². The van der Waals surface area contributed by atoms with Gasteiger partial charge >= 0.3 is 0 Å². The van der Waals surface area contributed by atoms with E-state index in [1.54, 1.807) is 24.8 Å². The van der Waals surface area contributed by atoms with Gasteiger partial charge in [0, 0.05) is 27.5 Å². The summed E-state index contributed by atoms with van der Waals surface area (Å²) in [5.74, 6) is 5.55. The van der Waals surface area contributed by atoms with Crippen LogP contribution in [0.15, 0.2) is 39.8 Å². The lowest BCUT2D eigenvalue weighted by Gasteiger charge is -2.15. The topological polar surface area (TPSA) is 76.7 Å². The maximum Gasteiger partial charge on any atom is 0.108 e. The number of rotatable bonds is 3. The standard InChI is InChI=1S/C10H9Br2N5/c11-6-3-7(12)9(16-4-6)10(17-13)8-5-14-1-2-15-8/h1-5,10,17H,13H2. The second-order valence-corrected chi connectivity index (χ2v) is 5.02. The average Bonchev–Trinajstić information content (AvgIpc) is 2.34. The van der Waals surface area contributed by atoms with Gasteiger partial charge < -0.3 is 0 Å². The molecular formula is C10H9Br2N5. The van der Waals surface area contributed by atoms with Crippen LogP contribution in [-0.4, -0.2) is 15.0 Å². The second-order valence-electron chi connectivity index (χ2n) is 3.25. The van der Waals surface area contributed by atoms with E-state index in [1.165, 1.54) is 0 Å². The molecule has 0 aliphatic rings. The summed E-state index contributed by atoms with van der Waals surface area (Å²) in [7, 11) is 0.